The third-order valence-corrected chi connectivity index (χ3v) is 5.82. The second-order valence-corrected chi connectivity index (χ2v) is 7.49. The topological polar surface area (TPSA) is 40.6 Å². The maximum Gasteiger partial charge on any atom is 0.254 e. The highest BCUT2D eigenvalue weighted by atomic mass is 16.2. The standard InChI is InChI=1S/C22H24N2O2/c1-14-7-8-19-17(11-14)9-10-24-20(19)12-23(13-21(24)25)22(26)18-6-4-5-15(2)16(18)3/h4-8,11,20H,9-10,12-13H2,1-3H3. The third kappa shape index (κ3) is 2.70. The Hall–Kier alpha value is -2.62. The van der Waals surface area contributed by atoms with Crippen LogP contribution in [0.3, 0.4) is 0 Å². The Kier molecular flexibility index (Phi) is 4.06. The van der Waals surface area contributed by atoms with Crippen LogP contribution in [-0.4, -0.2) is 41.2 Å². The van der Waals surface area contributed by atoms with Gasteiger partial charge in [0.2, 0.25) is 5.91 Å². The van der Waals surface area contributed by atoms with Gasteiger partial charge in [0.15, 0.2) is 0 Å². The fourth-order valence-corrected chi connectivity index (χ4v) is 4.17. The molecule has 0 aromatic heterocycles. The number of carbonyl (C=O) groups is 2. The predicted octanol–water partition coefficient (Wildman–Crippen LogP) is 3.19. The van der Waals surface area contributed by atoms with Gasteiger partial charge in [-0.2, -0.15) is 0 Å². The van der Waals surface area contributed by atoms with E-state index >= 15 is 0 Å². The van der Waals surface area contributed by atoms with E-state index in [0.29, 0.717) is 12.1 Å². The van der Waals surface area contributed by atoms with Gasteiger partial charge in [-0.3, -0.25) is 9.59 Å². The monoisotopic (exact) mass is 348 g/mol. The van der Waals surface area contributed by atoms with Gasteiger partial charge in [-0.05, 0) is 55.5 Å². The molecule has 1 unspecified atom stereocenters. The zero-order valence-corrected chi connectivity index (χ0v) is 15.6. The normalized spacial score (nSPS) is 19.2. The maximum absolute atomic E-state index is 13.1. The van der Waals surface area contributed by atoms with Crippen molar-refractivity contribution in [1.29, 1.82) is 0 Å². The first kappa shape index (κ1) is 16.8. The highest BCUT2D eigenvalue weighted by molar-refractivity contribution is 5.98. The Labute approximate surface area is 154 Å². The lowest BCUT2D eigenvalue weighted by atomic mass is 9.89. The van der Waals surface area contributed by atoms with Gasteiger partial charge in [0.25, 0.3) is 5.91 Å². The van der Waals surface area contributed by atoms with Crippen molar-refractivity contribution < 1.29 is 9.59 Å². The van der Waals surface area contributed by atoms with Crippen molar-refractivity contribution in [2.24, 2.45) is 0 Å². The lowest BCUT2D eigenvalue weighted by Gasteiger charge is -2.44. The number of hydrogen-bond acceptors (Lipinski definition) is 2. The van der Waals surface area contributed by atoms with Crippen molar-refractivity contribution in [2.75, 3.05) is 19.6 Å². The zero-order chi connectivity index (χ0) is 18.4. The lowest BCUT2D eigenvalue weighted by Crippen LogP contribution is -2.55. The van der Waals surface area contributed by atoms with Crippen LogP contribution in [0.5, 0.6) is 0 Å². The minimum Gasteiger partial charge on any atom is -0.332 e. The molecular weight excluding hydrogens is 324 g/mol. The maximum atomic E-state index is 13.1. The average Bonchev–Trinajstić information content (AvgIpc) is 2.62. The van der Waals surface area contributed by atoms with Gasteiger partial charge >= 0.3 is 0 Å². The summed E-state index contributed by atoms with van der Waals surface area (Å²) in [6.07, 6.45) is 0.893. The van der Waals surface area contributed by atoms with Gasteiger partial charge in [0.1, 0.15) is 6.54 Å². The third-order valence-electron chi connectivity index (χ3n) is 5.82. The van der Waals surface area contributed by atoms with Crippen LogP contribution in [0.4, 0.5) is 0 Å². The van der Waals surface area contributed by atoms with E-state index in [1.807, 2.05) is 36.9 Å². The Morgan fingerprint density at radius 3 is 2.73 bits per heavy atom. The summed E-state index contributed by atoms with van der Waals surface area (Å²) < 4.78 is 0. The Morgan fingerprint density at radius 1 is 1.12 bits per heavy atom. The van der Waals surface area contributed by atoms with E-state index in [0.717, 1.165) is 24.1 Å². The van der Waals surface area contributed by atoms with Gasteiger partial charge in [0.05, 0.1) is 6.04 Å². The number of aryl methyl sites for hydroxylation is 2. The molecule has 0 saturated carbocycles. The quantitative estimate of drug-likeness (QED) is 0.794. The first-order valence-corrected chi connectivity index (χ1v) is 9.20. The van der Waals surface area contributed by atoms with Crippen LogP contribution in [0.25, 0.3) is 0 Å². The summed E-state index contributed by atoms with van der Waals surface area (Å²) in [7, 11) is 0. The highest BCUT2D eigenvalue weighted by Gasteiger charge is 2.38. The van der Waals surface area contributed by atoms with E-state index in [9.17, 15) is 9.59 Å². The van der Waals surface area contributed by atoms with Crippen molar-refractivity contribution in [2.45, 2.75) is 33.2 Å². The molecule has 4 nitrogen and oxygen atoms in total. The molecule has 4 rings (SSSR count). The Morgan fingerprint density at radius 2 is 1.92 bits per heavy atom. The zero-order valence-electron chi connectivity index (χ0n) is 15.6. The summed E-state index contributed by atoms with van der Waals surface area (Å²) >= 11 is 0. The fourth-order valence-electron chi connectivity index (χ4n) is 4.17. The van der Waals surface area contributed by atoms with Gasteiger partial charge < -0.3 is 9.80 Å². The van der Waals surface area contributed by atoms with Crippen LogP contribution in [0.15, 0.2) is 36.4 Å². The van der Waals surface area contributed by atoms with Crippen molar-refractivity contribution >= 4 is 11.8 Å². The van der Waals surface area contributed by atoms with E-state index in [1.54, 1.807) is 4.90 Å². The summed E-state index contributed by atoms with van der Waals surface area (Å²) in [5, 5.41) is 0. The van der Waals surface area contributed by atoms with Crippen LogP contribution in [0.1, 0.15) is 44.2 Å². The molecule has 4 heteroatoms. The molecule has 1 fully saturated rings. The van der Waals surface area contributed by atoms with E-state index in [-0.39, 0.29) is 24.4 Å². The van der Waals surface area contributed by atoms with Gasteiger partial charge in [-0.1, -0.05) is 35.9 Å². The minimum absolute atomic E-state index is 0.0327. The minimum atomic E-state index is -0.0431. The number of amides is 2. The molecule has 0 aliphatic carbocycles. The average molecular weight is 348 g/mol. The SMILES string of the molecule is Cc1ccc2c(c1)CCN1C(=O)CN(C(=O)c3cccc(C)c3C)CC21. The van der Waals surface area contributed by atoms with Crippen molar-refractivity contribution in [3.8, 4) is 0 Å². The summed E-state index contributed by atoms with van der Waals surface area (Å²) in [4.78, 5) is 29.5. The summed E-state index contributed by atoms with van der Waals surface area (Å²) in [5.74, 6) is 0.00423. The molecule has 2 aliphatic heterocycles. The summed E-state index contributed by atoms with van der Waals surface area (Å²) in [5.41, 5.74) is 6.52. The molecule has 2 aromatic carbocycles. The molecule has 1 saturated heterocycles. The Balaban J connectivity index is 1.67. The van der Waals surface area contributed by atoms with Crippen molar-refractivity contribution in [3.63, 3.8) is 0 Å². The van der Waals surface area contributed by atoms with Crippen LogP contribution < -0.4 is 0 Å². The molecule has 2 aliphatic rings. The molecular formula is C22H24N2O2. The van der Waals surface area contributed by atoms with Crippen LogP contribution >= 0.6 is 0 Å². The van der Waals surface area contributed by atoms with Crippen LogP contribution in [-0.2, 0) is 11.2 Å². The lowest BCUT2D eigenvalue weighted by molar-refractivity contribution is -0.139. The van der Waals surface area contributed by atoms with Gasteiger partial charge in [-0.15, -0.1) is 0 Å². The van der Waals surface area contributed by atoms with Crippen molar-refractivity contribution in [3.05, 3.63) is 69.8 Å². The van der Waals surface area contributed by atoms with E-state index in [4.69, 9.17) is 0 Å². The van der Waals surface area contributed by atoms with E-state index in [2.05, 4.69) is 25.1 Å². The number of carbonyl (C=O) groups excluding carboxylic acids is 2. The highest BCUT2D eigenvalue weighted by Crippen LogP contribution is 2.34. The molecule has 26 heavy (non-hydrogen) atoms. The number of benzene rings is 2. The molecule has 134 valence electrons. The molecule has 2 amide bonds. The van der Waals surface area contributed by atoms with Crippen LogP contribution in [0, 0.1) is 20.8 Å². The smallest absolute Gasteiger partial charge is 0.254 e. The number of nitrogens with zero attached hydrogens (tertiary/aromatic N) is 2. The molecule has 0 spiro atoms. The van der Waals surface area contributed by atoms with Gasteiger partial charge in [0, 0.05) is 18.7 Å². The molecule has 0 N–H and O–H groups in total. The number of piperazine rings is 1. The van der Waals surface area contributed by atoms with Crippen molar-refractivity contribution in [1.82, 2.24) is 9.80 Å². The number of hydrogen-bond donors (Lipinski definition) is 0. The molecule has 2 heterocycles. The predicted molar refractivity (Wildman–Crippen MR) is 101 cm³/mol. The molecule has 1 atom stereocenters. The second kappa shape index (κ2) is 6.27. The fraction of sp³-hybridized carbons (Fsp3) is 0.364. The largest absolute Gasteiger partial charge is 0.332 e. The summed E-state index contributed by atoms with van der Waals surface area (Å²) in [6.45, 7) is 7.55. The summed E-state index contributed by atoms with van der Waals surface area (Å²) in [6, 6.07) is 12.2. The Bertz CT molecular complexity index is 903. The first-order chi connectivity index (χ1) is 12.5. The van der Waals surface area contributed by atoms with E-state index < -0.39 is 0 Å². The molecule has 2 aromatic rings. The van der Waals surface area contributed by atoms with E-state index in [1.165, 1.54) is 16.7 Å². The van der Waals surface area contributed by atoms with Gasteiger partial charge in [-0.25, -0.2) is 0 Å². The number of fused-ring (bicyclic) bond motifs is 3. The van der Waals surface area contributed by atoms with Crippen LogP contribution in [0.2, 0.25) is 0 Å². The first-order valence-electron chi connectivity index (χ1n) is 9.20. The molecule has 0 radical (unpaired) electrons. The number of rotatable bonds is 1. The molecule has 0 bridgehead atoms. The second-order valence-electron chi connectivity index (χ2n) is 7.49.